The predicted molar refractivity (Wildman–Crippen MR) is 93.8 cm³/mol. The van der Waals surface area contributed by atoms with Gasteiger partial charge in [-0.15, -0.1) is 0 Å². The maximum absolute atomic E-state index is 12.8. The largest absolute Gasteiger partial charge is 0.372 e. The van der Waals surface area contributed by atoms with Gasteiger partial charge in [0.05, 0.1) is 0 Å². The van der Waals surface area contributed by atoms with E-state index in [2.05, 4.69) is 37.8 Å². The van der Waals surface area contributed by atoms with Gasteiger partial charge in [-0.05, 0) is 50.1 Å². The van der Waals surface area contributed by atoms with Gasteiger partial charge in [0.2, 0.25) is 0 Å². The van der Waals surface area contributed by atoms with Gasteiger partial charge in [0.25, 0.3) is 0 Å². The molecule has 2 aromatic rings. The smallest absolute Gasteiger partial charge is 0.170 e. The molecule has 2 aromatic carbocycles. The van der Waals surface area contributed by atoms with Crippen LogP contribution < -0.4 is 4.90 Å². The van der Waals surface area contributed by atoms with Crippen LogP contribution >= 0.6 is 0 Å². The first-order valence-corrected chi connectivity index (χ1v) is 8.15. The summed E-state index contributed by atoms with van der Waals surface area (Å²) in [6.45, 7) is 8.31. The van der Waals surface area contributed by atoms with E-state index in [1.165, 1.54) is 5.69 Å². The van der Waals surface area contributed by atoms with Crippen LogP contribution in [0.3, 0.4) is 0 Å². The van der Waals surface area contributed by atoms with Crippen molar-refractivity contribution < 1.29 is 4.79 Å². The molecule has 0 fully saturated rings. The van der Waals surface area contributed by atoms with Crippen LogP contribution in [0.25, 0.3) is 0 Å². The van der Waals surface area contributed by atoms with Crippen molar-refractivity contribution in [3.05, 3.63) is 65.7 Å². The van der Waals surface area contributed by atoms with Crippen LogP contribution in [0.4, 0.5) is 5.69 Å². The Morgan fingerprint density at radius 1 is 0.909 bits per heavy atom. The highest BCUT2D eigenvalue weighted by atomic mass is 16.1. The molecule has 0 aliphatic rings. The molecule has 0 amide bonds. The number of carbonyl (C=O) groups is 1. The molecule has 0 aliphatic carbocycles. The Morgan fingerprint density at radius 3 is 2.00 bits per heavy atom. The molecule has 2 heteroatoms. The SMILES string of the molecule is CCC(C(=O)c1ccc(N(CC)CC)cc1)c1ccccc1. The van der Waals surface area contributed by atoms with Crippen LogP contribution in [0.15, 0.2) is 54.6 Å². The minimum atomic E-state index is -0.0551. The molecule has 0 saturated heterocycles. The Morgan fingerprint density at radius 2 is 1.50 bits per heavy atom. The third-order valence-corrected chi connectivity index (χ3v) is 4.21. The fourth-order valence-electron chi connectivity index (χ4n) is 2.88. The van der Waals surface area contributed by atoms with Crippen molar-refractivity contribution in [2.24, 2.45) is 0 Å². The van der Waals surface area contributed by atoms with Gasteiger partial charge in [0, 0.05) is 30.3 Å². The number of ketones is 1. The molecule has 0 aliphatic heterocycles. The highest BCUT2D eigenvalue weighted by molar-refractivity contribution is 6.01. The fourth-order valence-corrected chi connectivity index (χ4v) is 2.88. The van der Waals surface area contributed by atoms with Crippen LogP contribution in [0.1, 0.15) is 49.0 Å². The highest BCUT2D eigenvalue weighted by Gasteiger charge is 2.20. The second-order valence-electron chi connectivity index (χ2n) is 5.45. The van der Waals surface area contributed by atoms with Crippen molar-refractivity contribution in [1.29, 1.82) is 0 Å². The van der Waals surface area contributed by atoms with Gasteiger partial charge in [-0.1, -0.05) is 37.3 Å². The summed E-state index contributed by atoms with van der Waals surface area (Å²) in [7, 11) is 0. The number of benzene rings is 2. The number of carbonyl (C=O) groups excluding carboxylic acids is 1. The maximum Gasteiger partial charge on any atom is 0.170 e. The third-order valence-electron chi connectivity index (χ3n) is 4.21. The van der Waals surface area contributed by atoms with E-state index < -0.39 is 0 Å². The number of hydrogen-bond acceptors (Lipinski definition) is 2. The van der Waals surface area contributed by atoms with Crippen molar-refractivity contribution >= 4 is 11.5 Å². The molecule has 0 N–H and O–H groups in total. The monoisotopic (exact) mass is 295 g/mol. The molecule has 0 bridgehead atoms. The fraction of sp³-hybridized carbons (Fsp3) is 0.350. The lowest BCUT2D eigenvalue weighted by molar-refractivity contribution is 0.0957. The normalized spacial score (nSPS) is 12.0. The topological polar surface area (TPSA) is 20.3 Å². The lowest BCUT2D eigenvalue weighted by Gasteiger charge is -2.21. The van der Waals surface area contributed by atoms with Crippen molar-refractivity contribution in [3.8, 4) is 0 Å². The highest BCUT2D eigenvalue weighted by Crippen LogP contribution is 2.25. The average Bonchev–Trinajstić information content (AvgIpc) is 2.58. The van der Waals surface area contributed by atoms with E-state index in [0.29, 0.717) is 0 Å². The molecule has 1 atom stereocenters. The molecule has 116 valence electrons. The Balaban J connectivity index is 2.21. The van der Waals surface area contributed by atoms with Gasteiger partial charge in [0.1, 0.15) is 0 Å². The van der Waals surface area contributed by atoms with Crippen molar-refractivity contribution in [1.82, 2.24) is 0 Å². The minimum Gasteiger partial charge on any atom is -0.372 e. The van der Waals surface area contributed by atoms with Gasteiger partial charge >= 0.3 is 0 Å². The minimum absolute atomic E-state index is 0.0551. The number of hydrogen-bond donors (Lipinski definition) is 0. The average molecular weight is 295 g/mol. The molecular weight excluding hydrogens is 270 g/mol. The molecule has 2 rings (SSSR count). The Kier molecular flexibility index (Phi) is 5.76. The zero-order valence-electron chi connectivity index (χ0n) is 13.8. The summed E-state index contributed by atoms with van der Waals surface area (Å²) in [6, 6.07) is 18.1. The van der Waals surface area contributed by atoms with Crippen LogP contribution in [0.2, 0.25) is 0 Å². The Bertz CT molecular complexity index is 585. The molecule has 0 aromatic heterocycles. The number of Topliss-reactive ketones (excluding diaryl/α,β-unsaturated/α-hetero) is 1. The molecule has 0 saturated carbocycles. The van der Waals surface area contributed by atoms with Gasteiger partial charge in [0.15, 0.2) is 5.78 Å². The van der Waals surface area contributed by atoms with Crippen molar-refractivity contribution in [3.63, 3.8) is 0 Å². The van der Waals surface area contributed by atoms with E-state index in [4.69, 9.17) is 0 Å². The Labute approximate surface area is 133 Å². The summed E-state index contributed by atoms with van der Waals surface area (Å²) in [5.41, 5.74) is 3.07. The maximum atomic E-state index is 12.8. The molecule has 0 radical (unpaired) electrons. The molecule has 0 heterocycles. The summed E-state index contributed by atoms with van der Waals surface area (Å²) in [4.78, 5) is 15.1. The van der Waals surface area contributed by atoms with Crippen molar-refractivity contribution in [2.75, 3.05) is 18.0 Å². The predicted octanol–water partition coefficient (Wildman–Crippen LogP) is 4.91. The lowest BCUT2D eigenvalue weighted by Crippen LogP contribution is -2.21. The standard InChI is InChI=1S/C20H25NO/c1-4-19(16-10-8-7-9-11-16)20(22)17-12-14-18(15-13-17)21(5-2)6-3/h7-15,19H,4-6H2,1-3H3. The molecule has 1 unspecified atom stereocenters. The van der Waals surface area contributed by atoms with Crippen molar-refractivity contribution in [2.45, 2.75) is 33.1 Å². The quantitative estimate of drug-likeness (QED) is 0.676. The summed E-state index contributed by atoms with van der Waals surface area (Å²) < 4.78 is 0. The van der Waals surface area contributed by atoms with E-state index >= 15 is 0 Å². The van der Waals surface area contributed by atoms with E-state index in [-0.39, 0.29) is 11.7 Å². The summed E-state index contributed by atoms with van der Waals surface area (Å²) in [5, 5.41) is 0. The van der Waals surface area contributed by atoms with E-state index in [0.717, 1.165) is 30.6 Å². The van der Waals surface area contributed by atoms with Crippen LogP contribution in [-0.4, -0.2) is 18.9 Å². The number of anilines is 1. The zero-order chi connectivity index (χ0) is 15.9. The molecule has 0 spiro atoms. The molecule has 2 nitrogen and oxygen atoms in total. The number of nitrogens with zero attached hydrogens (tertiary/aromatic N) is 1. The first kappa shape index (κ1) is 16.3. The van der Waals surface area contributed by atoms with Gasteiger partial charge in [-0.3, -0.25) is 4.79 Å². The van der Waals surface area contributed by atoms with E-state index in [9.17, 15) is 4.79 Å². The number of rotatable bonds is 7. The summed E-state index contributed by atoms with van der Waals surface area (Å²) in [6.07, 6.45) is 0.820. The van der Waals surface area contributed by atoms with E-state index in [1.54, 1.807) is 0 Å². The van der Waals surface area contributed by atoms with Gasteiger partial charge < -0.3 is 4.90 Å². The second-order valence-corrected chi connectivity index (χ2v) is 5.45. The lowest BCUT2D eigenvalue weighted by atomic mass is 9.88. The van der Waals surface area contributed by atoms with Crippen LogP contribution in [0.5, 0.6) is 0 Å². The Hall–Kier alpha value is -2.09. The van der Waals surface area contributed by atoms with Crippen LogP contribution in [0, 0.1) is 0 Å². The van der Waals surface area contributed by atoms with Crippen LogP contribution in [-0.2, 0) is 0 Å². The summed E-state index contributed by atoms with van der Waals surface area (Å²) >= 11 is 0. The molecule has 22 heavy (non-hydrogen) atoms. The zero-order valence-corrected chi connectivity index (χ0v) is 13.8. The third kappa shape index (κ3) is 3.56. The van der Waals surface area contributed by atoms with Gasteiger partial charge in [-0.2, -0.15) is 0 Å². The van der Waals surface area contributed by atoms with E-state index in [1.807, 2.05) is 42.5 Å². The van der Waals surface area contributed by atoms with Gasteiger partial charge in [-0.25, -0.2) is 0 Å². The first-order valence-electron chi connectivity index (χ1n) is 8.15. The first-order chi connectivity index (χ1) is 10.7. The summed E-state index contributed by atoms with van der Waals surface area (Å²) in [5.74, 6) is 0.153. The second kappa shape index (κ2) is 7.79. The molecular formula is C20H25NO.